The van der Waals surface area contributed by atoms with Crippen molar-refractivity contribution in [3.05, 3.63) is 28.8 Å². The molecule has 0 radical (unpaired) electrons. The molecule has 0 amide bonds. The lowest BCUT2D eigenvalue weighted by Gasteiger charge is -2.08. The summed E-state index contributed by atoms with van der Waals surface area (Å²) in [5.41, 5.74) is 1.15. The fourth-order valence-corrected chi connectivity index (χ4v) is 1.52. The molecule has 1 rings (SSSR count). The van der Waals surface area contributed by atoms with Crippen molar-refractivity contribution < 1.29 is 4.74 Å². The Bertz CT molecular complexity index is 305. The highest BCUT2D eigenvalue weighted by Crippen LogP contribution is 2.25. The molecule has 0 spiro atoms. The summed E-state index contributed by atoms with van der Waals surface area (Å²) in [5.74, 6) is 0.747. The minimum atomic E-state index is 0.636. The standard InChI is InChI=1S/C11H17ClN2O/c1-3-15-11-5-4-9(6-10(11)12)7-14-8-13-2/h4-6,13-14H,3,7-8H2,1-2H3. The maximum Gasteiger partial charge on any atom is 0.137 e. The lowest BCUT2D eigenvalue weighted by Crippen LogP contribution is -2.25. The zero-order chi connectivity index (χ0) is 11.1. The molecule has 0 fully saturated rings. The fourth-order valence-electron chi connectivity index (χ4n) is 1.26. The van der Waals surface area contributed by atoms with Gasteiger partial charge in [0.15, 0.2) is 0 Å². The Labute approximate surface area is 95.8 Å². The molecule has 0 heterocycles. The van der Waals surface area contributed by atoms with Gasteiger partial charge in [-0.1, -0.05) is 17.7 Å². The number of rotatable bonds is 6. The Hall–Kier alpha value is -0.770. The summed E-state index contributed by atoms with van der Waals surface area (Å²) in [6.45, 7) is 4.16. The van der Waals surface area contributed by atoms with Crippen molar-refractivity contribution in [1.82, 2.24) is 10.6 Å². The molecule has 0 bridgehead atoms. The van der Waals surface area contributed by atoms with Crippen LogP contribution < -0.4 is 15.4 Å². The molecule has 0 saturated carbocycles. The van der Waals surface area contributed by atoms with Crippen molar-refractivity contribution in [1.29, 1.82) is 0 Å². The average molecular weight is 229 g/mol. The summed E-state index contributed by atoms with van der Waals surface area (Å²) in [4.78, 5) is 0. The minimum absolute atomic E-state index is 0.636. The first kappa shape index (κ1) is 12.3. The maximum absolute atomic E-state index is 6.05. The van der Waals surface area contributed by atoms with Crippen LogP contribution in [0.25, 0.3) is 0 Å². The van der Waals surface area contributed by atoms with Crippen molar-refractivity contribution in [2.45, 2.75) is 13.5 Å². The molecule has 1 aromatic carbocycles. The van der Waals surface area contributed by atoms with E-state index in [0.717, 1.165) is 24.5 Å². The predicted octanol–water partition coefficient (Wildman–Crippen LogP) is 2.01. The molecule has 1 aromatic rings. The van der Waals surface area contributed by atoms with Crippen LogP contribution in [0.4, 0.5) is 0 Å². The van der Waals surface area contributed by atoms with Crippen molar-refractivity contribution in [3.8, 4) is 5.75 Å². The highest BCUT2D eigenvalue weighted by Gasteiger charge is 2.01. The summed E-state index contributed by atoms with van der Waals surface area (Å²) in [6, 6.07) is 5.84. The quantitative estimate of drug-likeness (QED) is 0.577. The van der Waals surface area contributed by atoms with E-state index < -0.39 is 0 Å². The van der Waals surface area contributed by atoms with Gasteiger partial charge in [-0.05, 0) is 31.7 Å². The third-order valence-electron chi connectivity index (χ3n) is 1.93. The molecule has 0 saturated heterocycles. The number of hydrogen-bond acceptors (Lipinski definition) is 3. The third-order valence-corrected chi connectivity index (χ3v) is 2.22. The van der Waals surface area contributed by atoms with Gasteiger partial charge in [-0.3, -0.25) is 0 Å². The van der Waals surface area contributed by atoms with Crippen LogP contribution in [-0.4, -0.2) is 20.3 Å². The van der Waals surface area contributed by atoms with Gasteiger partial charge in [-0.2, -0.15) is 0 Å². The van der Waals surface area contributed by atoms with E-state index in [9.17, 15) is 0 Å². The molecular weight excluding hydrogens is 212 g/mol. The van der Waals surface area contributed by atoms with Crippen molar-refractivity contribution in [2.24, 2.45) is 0 Å². The molecule has 0 atom stereocenters. The van der Waals surface area contributed by atoms with Gasteiger partial charge in [-0.25, -0.2) is 0 Å². The van der Waals surface area contributed by atoms with Gasteiger partial charge in [0, 0.05) is 13.2 Å². The second-order valence-electron chi connectivity index (χ2n) is 3.15. The van der Waals surface area contributed by atoms with E-state index in [4.69, 9.17) is 16.3 Å². The molecule has 2 N–H and O–H groups in total. The van der Waals surface area contributed by atoms with Gasteiger partial charge >= 0.3 is 0 Å². The second kappa shape index (κ2) is 6.67. The molecule has 0 aliphatic heterocycles. The second-order valence-corrected chi connectivity index (χ2v) is 3.56. The molecule has 0 unspecified atom stereocenters. The maximum atomic E-state index is 6.05. The molecule has 4 heteroatoms. The highest BCUT2D eigenvalue weighted by molar-refractivity contribution is 6.32. The van der Waals surface area contributed by atoms with Crippen LogP contribution in [0.2, 0.25) is 5.02 Å². The zero-order valence-corrected chi connectivity index (χ0v) is 9.90. The normalized spacial score (nSPS) is 10.3. The number of benzene rings is 1. The Morgan fingerprint density at radius 1 is 1.40 bits per heavy atom. The average Bonchev–Trinajstić information content (AvgIpc) is 2.23. The van der Waals surface area contributed by atoms with Crippen LogP contribution >= 0.6 is 11.6 Å². The van der Waals surface area contributed by atoms with E-state index in [1.54, 1.807) is 0 Å². The van der Waals surface area contributed by atoms with Crippen LogP contribution in [0.5, 0.6) is 5.75 Å². The molecule has 15 heavy (non-hydrogen) atoms. The monoisotopic (exact) mass is 228 g/mol. The van der Waals surface area contributed by atoms with Gasteiger partial charge < -0.3 is 15.4 Å². The fraction of sp³-hybridized carbons (Fsp3) is 0.455. The highest BCUT2D eigenvalue weighted by atomic mass is 35.5. The van der Waals surface area contributed by atoms with Crippen molar-refractivity contribution >= 4 is 11.6 Å². The van der Waals surface area contributed by atoms with E-state index in [1.807, 2.05) is 32.2 Å². The van der Waals surface area contributed by atoms with Crippen molar-refractivity contribution in [2.75, 3.05) is 20.3 Å². The molecule has 0 aliphatic carbocycles. The van der Waals surface area contributed by atoms with E-state index in [1.165, 1.54) is 0 Å². The molecule has 84 valence electrons. The van der Waals surface area contributed by atoms with Gasteiger partial charge in [0.05, 0.1) is 11.6 Å². The van der Waals surface area contributed by atoms with Gasteiger partial charge in [0.25, 0.3) is 0 Å². The number of nitrogens with one attached hydrogen (secondary N) is 2. The Morgan fingerprint density at radius 2 is 2.20 bits per heavy atom. The summed E-state index contributed by atoms with van der Waals surface area (Å²) in [7, 11) is 1.90. The number of ether oxygens (including phenoxy) is 1. The first-order valence-electron chi connectivity index (χ1n) is 5.04. The van der Waals surface area contributed by atoms with Crippen LogP contribution in [0, 0.1) is 0 Å². The van der Waals surface area contributed by atoms with Gasteiger partial charge in [0.1, 0.15) is 5.75 Å². The number of hydrogen-bond donors (Lipinski definition) is 2. The van der Waals surface area contributed by atoms with Crippen molar-refractivity contribution in [3.63, 3.8) is 0 Å². The smallest absolute Gasteiger partial charge is 0.137 e. The van der Waals surface area contributed by atoms with E-state index in [0.29, 0.717) is 11.6 Å². The lowest BCUT2D eigenvalue weighted by atomic mass is 10.2. The van der Waals surface area contributed by atoms with Gasteiger partial charge in [-0.15, -0.1) is 0 Å². The van der Waals surface area contributed by atoms with Crippen LogP contribution in [0.1, 0.15) is 12.5 Å². The summed E-state index contributed by atoms with van der Waals surface area (Å²) in [5, 5.41) is 6.90. The Morgan fingerprint density at radius 3 is 2.80 bits per heavy atom. The summed E-state index contributed by atoms with van der Waals surface area (Å²) < 4.78 is 5.35. The van der Waals surface area contributed by atoms with Crippen LogP contribution in [0.15, 0.2) is 18.2 Å². The predicted molar refractivity (Wildman–Crippen MR) is 63.4 cm³/mol. The Kier molecular flexibility index (Phi) is 5.47. The summed E-state index contributed by atoms with van der Waals surface area (Å²) >= 11 is 6.05. The number of halogens is 1. The largest absolute Gasteiger partial charge is 0.492 e. The molecule has 3 nitrogen and oxygen atoms in total. The first-order chi connectivity index (χ1) is 7.27. The summed E-state index contributed by atoms with van der Waals surface area (Å²) in [6.07, 6.45) is 0. The lowest BCUT2D eigenvalue weighted by molar-refractivity contribution is 0.340. The minimum Gasteiger partial charge on any atom is -0.492 e. The van der Waals surface area contributed by atoms with Gasteiger partial charge in [0.2, 0.25) is 0 Å². The SMILES string of the molecule is CCOc1ccc(CNCNC)cc1Cl. The van der Waals surface area contributed by atoms with E-state index >= 15 is 0 Å². The third kappa shape index (κ3) is 4.08. The topological polar surface area (TPSA) is 33.3 Å². The zero-order valence-electron chi connectivity index (χ0n) is 9.14. The van der Waals surface area contributed by atoms with Crippen LogP contribution in [-0.2, 0) is 6.54 Å². The molecule has 0 aromatic heterocycles. The molecular formula is C11H17ClN2O. The molecule has 0 aliphatic rings. The first-order valence-corrected chi connectivity index (χ1v) is 5.42. The van der Waals surface area contributed by atoms with E-state index in [-0.39, 0.29) is 0 Å². The Balaban J connectivity index is 2.56. The van der Waals surface area contributed by atoms with Crippen LogP contribution in [0.3, 0.4) is 0 Å². The van der Waals surface area contributed by atoms with E-state index in [2.05, 4.69) is 10.6 Å².